The molecule has 0 aliphatic carbocycles. The second-order valence-electron chi connectivity index (χ2n) is 5.23. The Morgan fingerprint density at radius 3 is 2.72 bits per heavy atom. The van der Waals surface area contributed by atoms with Gasteiger partial charge in [0.15, 0.2) is 17.0 Å². The summed E-state index contributed by atoms with van der Waals surface area (Å²) in [5, 5.41) is 3.15. The van der Waals surface area contributed by atoms with Crippen molar-refractivity contribution in [3.8, 4) is 0 Å². The normalized spacial score (nSPS) is 11.8. The number of rotatable bonds is 7. The lowest BCUT2D eigenvalue weighted by Gasteiger charge is -2.09. The van der Waals surface area contributed by atoms with Gasteiger partial charge >= 0.3 is 7.60 Å². The van der Waals surface area contributed by atoms with Crippen LogP contribution in [0.15, 0.2) is 36.7 Å². The molecule has 0 atom stereocenters. The van der Waals surface area contributed by atoms with Crippen LogP contribution >= 0.6 is 7.60 Å². The molecule has 1 aromatic carbocycles. The monoisotopic (exact) mass is 364 g/mol. The molecule has 0 amide bonds. The van der Waals surface area contributed by atoms with Crippen molar-refractivity contribution in [3.63, 3.8) is 0 Å². The van der Waals surface area contributed by atoms with E-state index in [9.17, 15) is 4.57 Å². The average molecular weight is 364 g/mol. The number of ether oxygens (including phenoxy) is 1. The fraction of sp³-hybridized carbons (Fsp3) is 0.214. The Labute approximate surface area is 142 Å². The van der Waals surface area contributed by atoms with Crippen molar-refractivity contribution in [2.75, 3.05) is 24.0 Å². The van der Waals surface area contributed by atoms with Gasteiger partial charge in [-0.25, -0.2) is 4.98 Å². The summed E-state index contributed by atoms with van der Waals surface area (Å²) in [5.74, 6) is 0.562. The number of nitrogens with one attached hydrogen (secondary N) is 1. The summed E-state index contributed by atoms with van der Waals surface area (Å²) in [6.07, 6.45) is 0.924. The maximum absolute atomic E-state index is 10.8. The molecule has 11 heteroatoms. The quantitative estimate of drug-likeness (QED) is 0.359. The van der Waals surface area contributed by atoms with Crippen LogP contribution in [0.3, 0.4) is 0 Å². The maximum atomic E-state index is 10.8. The van der Waals surface area contributed by atoms with Gasteiger partial charge in [-0.05, 0) is 12.1 Å². The smallest absolute Gasteiger partial charge is 0.350 e. The van der Waals surface area contributed by atoms with Gasteiger partial charge in [0, 0.05) is 12.2 Å². The zero-order chi connectivity index (χ0) is 17.9. The summed E-state index contributed by atoms with van der Waals surface area (Å²) in [5.41, 5.74) is 7.66. The zero-order valence-corrected chi connectivity index (χ0v) is 14.0. The molecular formula is C14H17N6O4P. The number of imidazole rings is 1. The third-order valence-electron chi connectivity index (χ3n) is 3.25. The number of nitrogens with two attached hydrogens (primary N) is 1. The molecule has 0 spiro atoms. The number of aromatic nitrogens is 4. The Bertz CT molecular complexity index is 910. The molecule has 0 aliphatic rings. The molecule has 2 heterocycles. The number of benzene rings is 1. The minimum absolute atomic E-state index is 0.0869. The van der Waals surface area contributed by atoms with Crippen LogP contribution in [-0.2, 0) is 15.8 Å². The first kappa shape index (κ1) is 17.3. The average Bonchev–Trinajstić information content (AvgIpc) is 2.95. The van der Waals surface area contributed by atoms with Crippen LogP contribution < -0.4 is 11.1 Å². The molecule has 0 fully saturated rings. The molecule has 0 bridgehead atoms. The lowest BCUT2D eigenvalue weighted by Crippen LogP contribution is -2.08. The standard InChI is InChI=1S/C14H17N6O4P/c15-14-18-12(17-10-4-2-1-3-5-10)11-13(19-14)20(8-16-11)6-7-24-9-25(21,22)23/h1-5,8H,6-7,9H2,(H2,21,22,23)(H3,15,17,18,19). The topological polar surface area (TPSA) is 148 Å². The summed E-state index contributed by atoms with van der Waals surface area (Å²) in [7, 11) is -4.18. The highest BCUT2D eigenvalue weighted by Gasteiger charge is 2.14. The summed E-state index contributed by atoms with van der Waals surface area (Å²) >= 11 is 0. The van der Waals surface area contributed by atoms with Crippen molar-refractivity contribution < 1.29 is 19.1 Å². The molecule has 3 aromatic rings. The summed E-state index contributed by atoms with van der Waals surface area (Å²) < 4.78 is 17.4. The lowest BCUT2D eigenvalue weighted by atomic mass is 10.3. The van der Waals surface area contributed by atoms with Gasteiger partial charge in [-0.1, -0.05) is 18.2 Å². The molecule has 25 heavy (non-hydrogen) atoms. The van der Waals surface area contributed by atoms with Gasteiger partial charge in [0.1, 0.15) is 6.35 Å². The van der Waals surface area contributed by atoms with Crippen molar-refractivity contribution in [2.24, 2.45) is 0 Å². The predicted octanol–water partition coefficient (Wildman–Crippen LogP) is 1.30. The van der Waals surface area contributed by atoms with Crippen LogP contribution in [0.1, 0.15) is 0 Å². The van der Waals surface area contributed by atoms with Gasteiger partial charge < -0.3 is 30.1 Å². The van der Waals surface area contributed by atoms with Crippen molar-refractivity contribution in [1.82, 2.24) is 19.5 Å². The fourth-order valence-electron chi connectivity index (χ4n) is 2.22. The number of para-hydroxylation sites is 1. The fourth-order valence-corrected chi connectivity index (χ4v) is 2.58. The highest BCUT2D eigenvalue weighted by molar-refractivity contribution is 7.51. The third-order valence-corrected chi connectivity index (χ3v) is 3.77. The SMILES string of the molecule is Nc1nc(Nc2ccccc2)c2ncn(CCOCP(=O)(O)O)c2n1. The highest BCUT2D eigenvalue weighted by atomic mass is 31.2. The highest BCUT2D eigenvalue weighted by Crippen LogP contribution is 2.33. The predicted molar refractivity (Wildman–Crippen MR) is 92.3 cm³/mol. The van der Waals surface area contributed by atoms with Gasteiger partial charge in [0.2, 0.25) is 5.95 Å². The van der Waals surface area contributed by atoms with Crippen LogP contribution in [0, 0.1) is 0 Å². The minimum atomic E-state index is -4.18. The van der Waals surface area contributed by atoms with Crippen LogP contribution in [0.25, 0.3) is 11.2 Å². The Kier molecular flexibility index (Phi) is 4.95. The molecule has 10 nitrogen and oxygen atoms in total. The van der Waals surface area contributed by atoms with Crippen LogP contribution in [0.2, 0.25) is 0 Å². The van der Waals surface area contributed by atoms with Crippen LogP contribution in [0.4, 0.5) is 17.5 Å². The first-order valence-electron chi connectivity index (χ1n) is 7.35. The Morgan fingerprint density at radius 2 is 2.00 bits per heavy atom. The molecule has 2 aromatic heterocycles. The van der Waals surface area contributed by atoms with Gasteiger partial charge in [-0.15, -0.1) is 0 Å². The Morgan fingerprint density at radius 1 is 1.24 bits per heavy atom. The minimum Gasteiger partial charge on any atom is -0.368 e. The molecule has 0 unspecified atom stereocenters. The van der Waals surface area contributed by atoms with E-state index in [0.29, 0.717) is 23.5 Å². The Hall–Kier alpha value is -2.52. The first-order chi connectivity index (χ1) is 11.9. The van der Waals surface area contributed by atoms with Gasteiger partial charge in [-0.3, -0.25) is 4.57 Å². The van der Waals surface area contributed by atoms with E-state index in [1.165, 1.54) is 0 Å². The van der Waals surface area contributed by atoms with E-state index in [4.69, 9.17) is 20.3 Å². The Balaban J connectivity index is 1.79. The van der Waals surface area contributed by atoms with Gasteiger partial charge in [-0.2, -0.15) is 9.97 Å². The third kappa shape index (κ3) is 4.52. The van der Waals surface area contributed by atoms with Gasteiger partial charge in [0.25, 0.3) is 0 Å². The second kappa shape index (κ2) is 7.16. The molecule has 132 valence electrons. The number of hydrogen-bond donors (Lipinski definition) is 4. The molecule has 0 aliphatic heterocycles. The van der Waals surface area contributed by atoms with Crippen LogP contribution in [0.5, 0.6) is 0 Å². The van der Waals surface area contributed by atoms with E-state index < -0.39 is 13.9 Å². The van der Waals surface area contributed by atoms with E-state index in [0.717, 1.165) is 5.69 Å². The number of hydrogen-bond acceptors (Lipinski definition) is 7. The maximum Gasteiger partial charge on any atom is 0.350 e. The lowest BCUT2D eigenvalue weighted by molar-refractivity contribution is 0.149. The molecular weight excluding hydrogens is 347 g/mol. The number of nitrogen functional groups attached to an aromatic ring is 1. The number of fused-ring (bicyclic) bond motifs is 1. The molecule has 0 saturated carbocycles. The summed E-state index contributed by atoms with van der Waals surface area (Å²) in [4.78, 5) is 30.2. The first-order valence-corrected chi connectivity index (χ1v) is 9.15. The molecule has 0 radical (unpaired) electrons. The van der Waals surface area contributed by atoms with E-state index >= 15 is 0 Å². The van der Waals surface area contributed by atoms with E-state index in [1.807, 2.05) is 30.3 Å². The summed E-state index contributed by atoms with van der Waals surface area (Å²) in [6, 6.07) is 9.46. The number of nitrogens with zero attached hydrogens (tertiary/aromatic N) is 4. The molecule has 5 N–H and O–H groups in total. The van der Waals surface area contributed by atoms with E-state index in [1.54, 1.807) is 10.9 Å². The van der Waals surface area contributed by atoms with Crippen molar-refractivity contribution in [3.05, 3.63) is 36.7 Å². The zero-order valence-electron chi connectivity index (χ0n) is 13.1. The van der Waals surface area contributed by atoms with Crippen molar-refractivity contribution in [2.45, 2.75) is 6.54 Å². The molecule has 3 rings (SSSR count). The van der Waals surface area contributed by atoms with Gasteiger partial charge in [0.05, 0.1) is 12.9 Å². The van der Waals surface area contributed by atoms with E-state index in [-0.39, 0.29) is 12.6 Å². The second-order valence-corrected chi connectivity index (χ2v) is 6.82. The summed E-state index contributed by atoms with van der Waals surface area (Å²) in [6.45, 7) is 0.416. The van der Waals surface area contributed by atoms with Crippen molar-refractivity contribution in [1.29, 1.82) is 0 Å². The molecule has 0 saturated heterocycles. The van der Waals surface area contributed by atoms with E-state index in [2.05, 4.69) is 20.3 Å². The van der Waals surface area contributed by atoms with Crippen molar-refractivity contribution >= 4 is 36.2 Å². The largest absolute Gasteiger partial charge is 0.368 e. The number of anilines is 3. The van der Waals surface area contributed by atoms with Crippen LogP contribution in [-0.4, -0.2) is 42.3 Å².